The Morgan fingerprint density at radius 2 is 1.59 bits per heavy atom. The number of rotatable bonds is 6. The summed E-state index contributed by atoms with van der Waals surface area (Å²) in [7, 11) is -3.48. The fourth-order valence-electron chi connectivity index (χ4n) is 1.97. The molecule has 0 unspecified atom stereocenters. The molecule has 0 spiro atoms. The zero-order chi connectivity index (χ0) is 16.0. The van der Waals surface area contributed by atoms with Gasteiger partial charge in [-0.25, -0.2) is 8.42 Å². The molecule has 0 heterocycles. The highest BCUT2D eigenvalue weighted by molar-refractivity contribution is 7.91. The quantitative estimate of drug-likeness (QED) is 0.832. The van der Waals surface area contributed by atoms with Crippen molar-refractivity contribution < 1.29 is 13.2 Å². The molecule has 0 bridgehead atoms. The van der Waals surface area contributed by atoms with E-state index in [1.807, 2.05) is 0 Å². The number of sulfone groups is 1. The summed E-state index contributed by atoms with van der Waals surface area (Å²) >= 11 is 0. The predicted octanol–water partition coefficient (Wildman–Crippen LogP) is 2.36. The van der Waals surface area contributed by atoms with Crippen LogP contribution in [0.3, 0.4) is 0 Å². The standard InChI is InChI=1S/C17H17NO3S/c1-2-17(19)18-13-12-14-8-10-16(11-9-14)22(20,21)15-6-4-3-5-7-15/h2-11H,1,12-13H2,(H,18,19). The van der Waals surface area contributed by atoms with E-state index in [0.717, 1.165) is 5.56 Å². The summed E-state index contributed by atoms with van der Waals surface area (Å²) in [6.45, 7) is 3.86. The lowest BCUT2D eigenvalue weighted by Gasteiger charge is -2.06. The van der Waals surface area contributed by atoms with Crippen LogP contribution >= 0.6 is 0 Å². The van der Waals surface area contributed by atoms with Crippen LogP contribution in [0.5, 0.6) is 0 Å². The van der Waals surface area contributed by atoms with E-state index in [0.29, 0.717) is 13.0 Å². The van der Waals surface area contributed by atoms with Crippen LogP contribution in [0.2, 0.25) is 0 Å². The molecule has 2 aromatic rings. The molecule has 4 nitrogen and oxygen atoms in total. The summed E-state index contributed by atoms with van der Waals surface area (Å²) in [5, 5.41) is 2.68. The van der Waals surface area contributed by atoms with Gasteiger partial charge in [0, 0.05) is 6.54 Å². The van der Waals surface area contributed by atoms with Gasteiger partial charge >= 0.3 is 0 Å². The molecule has 0 radical (unpaired) electrons. The highest BCUT2D eigenvalue weighted by Gasteiger charge is 2.16. The van der Waals surface area contributed by atoms with Crippen LogP contribution in [0.15, 0.2) is 77.0 Å². The SMILES string of the molecule is C=CC(=O)NCCc1ccc(S(=O)(=O)c2ccccc2)cc1. The number of benzene rings is 2. The van der Waals surface area contributed by atoms with Crippen molar-refractivity contribution >= 4 is 15.7 Å². The second-order valence-corrected chi connectivity index (χ2v) is 6.66. The largest absolute Gasteiger partial charge is 0.352 e. The van der Waals surface area contributed by atoms with E-state index in [9.17, 15) is 13.2 Å². The van der Waals surface area contributed by atoms with Gasteiger partial charge in [0.1, 0.15) is 0 Å². The Morgan fingerprint density at radius 3 is 2.18 bits per heavy atom. The number of hydrogen-bond acceptors (Lipinski definition) is 3. The molecule has 0 aliphatic rings. The van der Waals surface area contributed by atoms with E-state index in [2.05, 4.69) is 11.9 Å². The Hall–Kier alpha value is -2.40. The zero-order valence-corrected chi connectivity index (χ0v) is 12.8. The highest BCUT2D eigenvalue weighted by atomic mass is 32.2. The first-order chi connectivity index (χ1) is 10.5. The molecular weight excluding hydrogens is 298 g/mol. The summed E-state index contributed by atoms with van der Waals surface area (Å²) < 4.78 is 24.8. The second-order valence-electron chi connectivity index (χ2n) is 4.71. The van der Waals surface area contributed by atoms with Crippen LogP contribution in [0.25, 0.3) is 0 Å². The molecule has 0 atom stereocenters. The molecule has 22 heavy (non-hydrogen) atoms. The molecule has 1 N–H and O–H groups in total. The van der Waals surface area contributed by atoms with Crippen LogP contribution < -0.4 is 5.32 Å². The number of carbonyl (C=O) groups is 1. The number of hydrogen-bond donors (Lipinski definition) is 1. The van der Waals surface area contributed by atoms with Crippen molar-refractivity contribution in [1.82, 2.24) is 5.32 Å². The topological polar surface area (TPSA) is 63.2 Å². The fourth-order valence-corrected chi connectivity index (χ4v) is 3.26. The molecular formula is C17H17NO3S. The maximum absolute atomic E-state index is 12.4. The third-order valence-electron chi connectivity index (χ3n) is 3.19. The van der Waals surface area contributed by atoms with Gasteiger partial charge in [-0.1, -0.05) is 36.9 Å². The zero-order valence-electron chi connectivity index (χ0n) is 12.0. The molecule has 0 saturated carbocycles. The highest BCUT2D eigenvalue weighted by Crippen LogP contribution is 2.20. The van der Waals surface area contributed by atoms with Gasteiger partial charge in [-0.3, -0.25) is 4.79 Å². The van der Waals surface area contributed by atoms with Crippen LogP contribution in [0, 0.1) is 0 Å². The molecule has 0 saturated heterocycles. The molecule has 5 heteroatoms. The van der Waals surface area contributed by atoms with Crippen molar-refractivity contribution in [3.05, 3.63) is 72.8 Å². The minimum atomic E-state index is -3.48. The van der Waals surface area contributed by atoms with E-state index in [1.165, 1.54) is 6.08 Å². The van der Waals surface area contributed by atoms with Crippen molar-refractivity contribution in [3.63, 3.8) is 0 Å². The number of nitrogens with one attached hydrogen (secondary N) is 1. The third-order valence-corrected chi connectivity index (χ3v) is 4.97. The third kappa shape index (κ3) is 3.83. The molecule has 2 rings (SSSR count). The molecule has 0 aromatic heterocycles. The van der Waals surface area contributed by atoms with Gasteiger partial charge in [0.2, 0.25) is 15.7 Å². The minimum Gasteiger partial charge on any atom is -0.352 e. The maximum atomic E-state index is 12.4. The molecule has 1 amide bonds. The average Bonchev–Trinajstić information content (AvgIpc) is 2.56. The monoisotopic (exact) mass is 315 g/mol. The van der Waals surface area contributed by atoms with E-state index in [4.69, 9.17) is 0 Å². The fraction of sp³-hybridized carbons (Fsp3) is 0.118. The second kappa shape index (κ2) is 7.04. The van der Waals surface area contributed by atoms with Crippen LogP contribution in [-0.2, 0) is 21.1 Å². The molecule has 0 aliphatic carbocycles. The van der Waals surface area contributed by atoms with Gasteiger partial charge < -0.3 is 5.32 Å². The van der Waals surface area contributed by atoms with Crippen molar-refractivity contribution in [1.29, 1.82) is 0 Å². The molecule has 114 valence electrons. The average molecular weight is 315 g/mol. The lowest BCUT2D eigenvalue weighted by atomic mass is 10.1. The van der Waals surface area contributed by atoms with Gasteiger partial charge in [-0.05, 0) is 42.3 Å². The van der Waals surface area contributed by atoms with Crippen molar-refractivity contribution in [2.45, 2.75) is 16.2 Å². The van der Waals surface area contributed by atoms with Crippen LogP contribution in [-0.4, -0.2) is 20.9 Å². The predicted molar refractivity (Wildman–Crippen MR) is 85.2 cm³/mol. The van der Waals surface area contributed by atoms with Crippen molar-refractivity contribution in [3.8, 4) is 0 Å². The van der Waals surface area contributed by atoms with E-state index < -0.39 is 9.84 Å². The first-order valence-corrected chi connectivity index (χ1v) is 8.31. The van der Waals surface area contributed by atoms with Crippen molar-refractivity contribution in [2.75, 3.05) is 6.54 Å². The van der Waals surface area contributed by atoms with Gasteiger partial charge in [-0.15, -0.1) is 0 Å². The van der Waals surface area contributed by atoms with E-state index >= 15 is 0 Å². The Morgan fingerprint density at radius 1 is 1.00 bits per heavy atom. The van der Waals surface area contributed by atoms with Crippen LogP contribution in [0.1, 0.15) is 5.56 Å². The number of carbonyl (C=O) groups excluding carboxylic acids is 1. The first kappa shape index (κ1) is 16.0. The Balaban J connectivity index is 2.09. The van der Waals surface area contributed by atoms with Gasteiger partial charge in [-0.2, -0.15) is 0 Å². The summed E-state index contributed by atoms with van der Waals surface area (Å²) in [6.07, 6.45) is 1.85. The summed E-state index contributed by atoms with van der Waals surface area (Å²) in [4.78, 5) is 11.6. The Labute approximate surface area is 130 Å². The van der Waals surface area contributed by atoms with Gasteiger partial charge in [0.25, 0.3) is 0 Å². The van der Waals surface area contributed by atoms with Gasteiger partial charge in [0.05, 0.1) is 9.79 Å². The lowest BCUT2D eigenvalue weighted by molar-refractivity contribution is -0.116. The smallest absolute Gasteiger partial charge is 0.243 e. The van der Waals surface area contributed by atoms with Crippen LogP contribution in [0.4, 0.5) is 0 Å². The summed E-state index contributed by atoms with van der Waals surface area (Å²) in [5.41, 5.74) is 0.955. The lowest BCUT2D eigenvalue weighted by Crippen LogP contribution is -2.23. The Bertz CT molecular complexity index is 750. The first-order valence-electron chi connectivity index (χ1n) is 6.83. The van der Waals surface area contributed by atoms with E-state index in [1.54, 1.807) is 54.6 Å². The Kier molecular flexibility index (Phi) is 5.12. The minimum absolute atomic E-state index is 0.219. The molecule has 2 aromatic carbocycles. The van der Waals surface area contributed by atoms with E-state index in [-0.39, 0.29) is 15.7 Å². The summed E-state index contributed by atoms with van der Waals surface area (Å²) in [5.74, 6) is -0.219. The van der Waals surface area contributed by atoms with Crippen molar-refractivity contribution in [2.24, 2.45) is 0 Å². The number of amides is 1. The normalized spacial score (nSPS) is 10.9. The maximum Gasteiger partial charge on any atom is 0.243 e. The molecule has 0 fully saturated rings. The van der Waals surface area contributed by atoms with Gasteiger partial charge in [0.15, 0.2) is 0 Å². The summed E-state index contributed by atoms with van der Waals surface area (Å²) in [6, 6.07) is 15.0. The molecule has 0 aliphatic heterocycles.